The summed E-state index contributed by atoms with van der Waals surface area (Å²) in [4.78, 5) is 16.0. The molecule has 0 aliphatic carbocycles. The molecule has 0 aliphatic rings. The van der Waals surface area contributed by atoms with Gasteiger partial charge in [-0.15, -0.1) is 0 Å². The molecule has 0 saturated heterocycles. The van der Waals surface area contributed by atoms with E-state index in [2.05, 4.69) is 22.3 Å². The molecule has 2 amide bonds. The van der Waals surface area contributed by atoms with Gasteiger partial charge in [-0.05, 0) is 17.7 Å². The summed E-state index contributed by atoms with van der Waals surface area (Å²) in [5, 5.41) is 12.7. The van der Waals surface area contributed by atoms with Crippen LogP contribution in [0.1, 0.15) is 5.56 Å². The number of amides is 2. The highest BCUT2D eigenvalue weighted by Crippen LogP contribution is 2.26. The lowest BCUT2D eigenvalue weighted by Crippen LogP contribution is -2.39. The number of carbonyl (C=O) groups is 1. The first kappa shape index (κ1) is 19.8. The summed E-state index contributed by atoms with van der Waals surface area (Å²) in [7, 11) is 5.15. The van der Waals surface area contributed by atoms with Crippen LogP contribution in [0.4, 0.5) is 16.2 Å². The molecule has 2 aromatic carbocycles. The Balaban J connectivity index is 2.04. The van der Waals surface area contributed by atoms with Crippen molar-refractivity contribution in [3.8, 4) is 0 Å². The minimum Gasteiger partial charge on any atom is -0.389 e. The topological polar surface area (TPSA) is 65.0 Å². The molecule has 2 N–H and O–H groups in total. The molecule has 0 saturated carbocycles. The van der Waals surface area contributed by atoms with Crippen molar-refractivity contribution in [3.05, 3.63) is 60.2 Å². The Hall–Kier alpha value is -2.57. The maximum atomic E-state index is 12.4. The first-order valence-electron chi connectivity index (χ1n) is 8.54. The third-order valence-corrected chi connectivity index (χ3v) is 4.01. The highest BCUT2D eigenvalue weighted by Gasteiger charge is 2.16. The number of nitrogens with zero attached hydrogens (tertiary/aromatic N) is 2. The molecular formula is C20H27N3O3. The molecule has 0 heterocycles. The molecule has 0 fully saturated rings. The Bertz CT molecular complexity index is 694. The van der Waals surface area contributed by atoms with Gasteiger partial charge in [0.1, 0.15) is 0 Å². The first-order valence-corrected chi connectivity index (χ1v) is 8.54. The van der Waals surface area contributed by atoms with Crippen LogP contribution < -0.4 is 10.2 Å². The number of rotatable bonds is 8. The summed E-state index contributed by atoms with van der Waals surface area (Å²) in [5.74, 6) is 0. The van der Waals surface area contributed by atoms with Gasteiger partial charge >= 0.3 is 6.03 Å². The largest absolute Gasteiger partial charge is 0.389 e. The summed E-state index contributed by atoms with van der Waals surface area (Å²) >= 11 is 0. The Labute approximate surface area is 155 Å². The molecule has 0 radical (unpaired) electrons. The number of methoxy groups -OCH3 is 1. The van der Waals surface area contributed by atoms with E-state index in [-0.39, 0.29) is 19.2 Å². The number of para-hydroxylation sites is 2. The molecule has 0 bridgehead atoms. The number of nitrogens with one attached hydrogen (secondary N) is 1. The van der Waals surface area contributed by atoms with Gasteiger partial charge in [0.2, 0.25) is 0 Å². The van der Waals surface area contributed by atoms with Crippen LogP contribution in [0.15, 0.2) is 54.6 Å². The molecule has 140 valence electrons. The standard InChI is InChI=1S/C20H27N3O3/c1-22(13-16-9-5-4-6-10-16)19-12-8-7-11-18(19)21-20(25)23(2)14-17(24)15-26-3/h4-12,17,24H,13-15H2,1-3H3,(H,21,25)/t17-/m1/s1. The zero-order valence-corrected chi connectivity index (χ0v) is 15.6. The Kier molecular flexibility index (Phi) is 7.44. The summed E-state index contributed by atoms with van der Waals surface area (Å²) in [6, 6.07) is 17.5. The van der Waals surface area contributed by atoms with E-state index in [9.17, 15) is 9.90 Å². The number of likely N-dealkylation sites (N-methyl/N-ethyl adjacent to an activating group) is 1. The molecule has 6 nitrogen and oxygen atoms in total. The van der Waals surface area contributed by atoms with Gasteiger partial charge in [0.15, 0.2) is 0 Å². The average molecular weight is 357 g/mol. The average Bonchev–Trinajstić information content (AvgIpc) is 2.63. The highest BCUT2D eigenvalue weighted by atomic mass is 16.5. The van der Waals surface area contributed by atoms with Crippen molar-refractivity contribution in [1.82, 2.24) is 4.90 Å². The quantitative estimate of drug-likeness (QED) is 0.762. The summed E-state index contributed by atoms with van der Waals surface area (Å²) in [5.41, 5.74) is 2.84. The third kappa shape index (κ3) is 5.75. The lowest BCUT2D eigenvalue weighted by Gasteiger charge is -2.25. The van der Waals surface area contributed by atoms with E-state index in [0.717, 1.165) is 17.9 Å². The fourth-order valence-electron chi connectivity index (χ4n) is 2.71. The molecule has 0 spiro atoms. The minimum absolute atomic E-state index is 0.189. The van der Waals surface area contributed by atoms with Gasteiger partial charge in [0, 0.05) is 27.7 Å². The number of ether oxygens (including phenoxy) is 1. The van der Waals surface area contributed by atoms with Crippen molar-refractivity contribution in [1.29, 1.82) is 0 Å². The van der Waals surface area contributed by atoms with Gasteiger partial charge in [0.05, 0.1) is 30.6 Å². The van der Waals surface area contributed by atoms with E-state index in [1.165, 1.54) is 17.6 Å². The van der Waals surface area contributed by atoms with Crippen LogP contribution in [0.5, 0.6) is 0 Å². The number of hydrogen-bond acceptors (Lipinski definition) is 4. The Morgan fingerprint density at radius 1 is 1.12 bits per heavy atom. The van der Waals surface area contributed by atoms with Crippen molar-refractivity contribution < 1.29 is 14.6 Å². The number of aliphatic hydroxyl groups is 1. The fraction of sp³-hybridized carbons (Fsp3) is 0.350. The number of benzene rings is 2. The predicted molar refractivity (Wildman–Crippen MR) is 105 cm³/mol. The fourth-order valence-corrected chi connectivity index (χ4v) is 2.71. The van der Waals surface area contributed by atoms with Crippen molar-refractivity contribution in [2.75, 3.05) is 44.6 Å². The van der Waals surface area contributed by atoms with Crippen LogP contribution in [-0.4, -0.2) is 56.5 Å². The second-order valence-electron chi connectivity index (χ2n) is 6.28. The Morgan fingerprint density at radius 2 is 1.77 bits per heavy atom. The molecule has 0 aliphatic heterocycles. The molecule has 6 heteroatoms. The lowest BCUT2D eigenvalue weighted by molar-refractivity contribution is 0.0501. The molecule has 0 unspecified atom stereocenters. The van der Waals surface area contributed by atoms with Crippen LogP contribution in [0.3, 0.4) is 0 Å². The van der Waals surface area contributed by atoms with Gasteiger partial charge in [-0.25, -0.2) is 4.79 Å². The van der Waals surface area contributed by atoms with E-state index >= 15 is 0 Å². The number of urea groups is 1. The van der Waals surface area contributed by atoms with Gasteiger partial charge < -0.3 is 25.0 Å². The summed E-state index contributed by atoms with van der Waals surface area (Å²) < 4.78 is 4.89. The van der Waals surface area contributed by atoms with E-state index in [4.69, 9.17) is 4.74 Å². The zero-order valence-electron chi connectivity index (χ0n) is 15.6. The minimum atomic E-state index is -0.716. The number of anilines is 2. The molecule has 2 rings (SSSR count). The first-order chi connectivity index (χ1) is 12.5. The van der Waals surface area contributed by atoms with Crippen LogP contribution in [-0.2, 0) is 11.3 Å². The second-order valence-corrected chi connectivity index (χ2v) is 6.28. The monoisotopic (exact) mass is 357 g/mol. The van der Waals surface area contributed by atoms with E-state index in [1.807, 2.05) is 49.5 Å². The maximum Gasteiger partial charge on any atom is 0.321 e. The van der Waals surface area contributed by atoms with E-state index < -0.39 is 6.10 Å². The smallest absolute Gasteiger partial charge is 0.321 e. The molecular weight excluding hydrogens is 330 g/mol. The summed E-state index contributed by atoms with van der Waals surface area (Å²) in [6.45, 7) is 1.12. The molecule has 26 heavy (non-hydrogen) atoms. The zero-order chi connectivity index (χ0) is 18.9. The van der Waals surface area contributed by atoms with Crippen molar-refractivity contribution in [2.45, 2.75) is 12.6 Å². The maximum absolute atomic E-state index is 12.4. The van der Waals surface area contributed by atoms with Crippen molar-refractivity contribution >= 4 is 17.4 Å². The van der Waals surface area contributed by atoms with Crippen LogP contribution >= 0.6 is 0 Å². The predicted octanol–water partition coefficient (Wildman–Crippen LogP) is 2.79. The second kappa shape index (κ2) is 9.79. The van der Waals surface area contributed by atoms with Gasteiger partial charge in [-0.2, -0.15) is 0 Å². The molecule has 0 aromatic heterocycles. The summed E-state index contributed by atoms with van der Waals surface area (Å²) in [6.07, 6.45) is -0.716. The number of hydrogen-bond donors (Lipinski definition) is 2. The Morgan fingerprint density at radius 3 is 2.46 bits per heavy atom. The van der Waals surface area contributed by atoms with Gasteiger partial charge in [-0.3, -0.25) is 0 Å². The molecule has 2 aromatic rings. The number of aliphatic hydroxyl groups excluding tert-OH is 1. The van der Waals surface area contributed by atoms with Crippen LogP contribution in [0, 0.1) is 0 Å². The van der Waals surface area contributed by atoms with Gasteiger partial charge in [-0.1, -0.05) is 42.5 Å². The van der Waals surface area contributed by atoms with E-state index in [1.54, 1.807) is 7.05 Å². The van der Waals surface area contributed by atoms with Crippen molar-refractivity contribution in [3.63, 3.8) is 0 Å². The van der Waals surface area contributed by atoms with Crippen LogP contribution in [0.25, 0.3) is 0 Å². The normalized spacial score (nSPS) is 11.7. The van der Waals surface area contributed by atoms with Crippen molar-refractivity contribution in [2.24, 2.45) is 0 Å². The van der Waals surface area contributed by atoms with E-state index in [0.29, 0.717) is 0 Å². The lowest BCUT2D eigenvalue weighted by atomic mass is 10.2. The third-order valence-electron chi connectivity index (χ3n) is 4.01. The SMILES string of the molecule is COC[C@H](O)CN(C)C(=O)Nc1ccccc1N(C)Cc1ccccc1. The highest BCUT2D eigenvalue weighted by molar-refractivity contribution is 5.93. The number of carbonyl (C=O) groups excluding carboxylic acids is 1. The van der Waals surface area contributed by atoms with Crippen LogP contribution in [0.2, 0.25) is 0 Å². The van der Waals surface area contributed by atoms with Gasteiger partial charge in [0.25, 0.3) is 0 Å². The molecule has 1 atom stereocenters.